The number of pyridine rings is 1. The minimum Gasteiger partial charge on any atom is -0.225 e. The van der Waals surface area contributed by atoms with Gasteiger partial charge in [0, 0.05) is 11.8 Å². The quantitative estimate of drug-likeness (QED) is 0.681. The van der Waals surface area contributed by atoms with Crippen LogP contribution in [0.2, 0.25) is 0 Å². The Bertz CT molecular complexity index is 394. The van der Waals surface area contributed by atoms with E-state index < -0.39 is 15.8 Å². The number of rotatable bonds is 2. The predicted molar refractivity (Wildman–Crippen MR) is 46.7 cm³/mol. The second kappa shape index (κ2) is 3.41. The summed E-state index contributed by atoms with van der Waals surface area (Å²) in [6.07, 6.45) is 0. The summed E-state index contributed by atoms with van der Waals surface area (Å²) in [5.41, 5.74) is 0.368. The molecule has 0 aliphatic rings. The number of hydrogen-bond acceptors (Lipinski definition) is 3. The van der Waals surface area contributed by atoms with Crippen molar-refractivity contribution in [1.82, 2.24) is 4.98 Å². The van der Waals surface area contributed by atoms with Gasteiger partial charge in [0.1, 0.15) is 0 Å². The minimum atomic E-state index is -3.32. The lowest BCUT2D eigenvalue weighted by Gasteiger charge is -2.01. The van der Waals surface area contributed by atoms with Crippen LogP contribution >= 0.6 is 0 Å². The average molecular weight is 203 g/mol. The van der Waals surface area contributed by atoms with E-state index in [0.29, 0.717) is 5.69 Å². The van der Waals surface area contributed by atoms with Gasteiger partial charge in [0.25, 0.3) is 0 Å². The van der Waals surface area contributed by atoms with Crippen molar-refractivity contribution in [3.05, 3.63) is 23.8 Å². The molecule has 0 spiro atoms. The molecule has 0 saturated carbocycles. The normalized spacial score (nSPS) is 11.6. The van der Waals surface area contributed by atoms with E-state index >= 15 is 0 Å². The van der Waals surface area contributed by atoms with Gasteiger partial charge in [-0.05, 0) is 13.0 Å². The van der Waals surface area contributed by atoms with Crippen LogP contribution in [0.4, 0.5) is 4.39 Å². The van der Waals surface area contributed by atoms with E-state index in [4.69, 9.17) is 0 Å². The van der Waals surface area contributed by atoms with Crippen molar-refractivity contribution in [1.29, 1.82) is 0 Å². The lowest BCUT2D eigenvalue weighted by Crippen LogP contribution is -2.05. The summed E-state index contributed by atoms with van der Waals surface area (Å²) < 4.78 is 35.3. The molecule has 0 saturated heterocycles. The van der Waals surface area contributed by atoms with Crippen LogP contribution in [0.15, 0.2) is 17.0 Å². The summed E-state index contributed by atoms with van der Waals surface area (Å²) in [5.74, 6) is -0.789. The first-order valence-electron chi connectivity index (χ1n) is 3.82. The monoisotopic (exact) mass is 203 g/mol. The first kappa shape index (κ1) is 10.1. The second-order valence-corrected chi connectivity index (χ2v) is 4.95. The molecule has 0 aliphatic carbocycles. The van der Waals surface area contributed by atoms with E-state index in [9.17, 15) is 12.8 Å². The molecule has 0 N–H and O–H groups in total. The third kappa shape index (κ3) is 2.24. The van der Waals surface area contributed by atoms with Gasteiger partial charge in [-0.1, -0.05) is 6.92 Å². The zero-order chi connectivity index (χ0) is 10.1. The predicted octanol–water partition coefficient (Wildman–Crippen LogP) is 1.32. The van der Waals surface area contributed by atoms with E-state index in [1.54, 1.807) is 6.92 Å². The largest absolute Gasteiger partial charge is 0.225 e. The third-order valence-electron chi connectivity index (χ3n) is 1.63. The maximum absolute atomic E-state index is 12.7. The number of hydrogen-bond donors (Lipinski definition) is 0. The zero-order valence-corrected chi connectivity index (χ0v) is 8.23. The Kier molecular flexibility index (Phi) is 2.66. The number of aryl methyl sites for hydroxylation is 1. The molecular formula is C8H10FNO2S. The first-order chi connectivity index (χ1) is 5.95. The molecule has 0 amide bonds. The summed E-state index contributed by atoms with van der Waals surface area (Å²) in [5, 5.41) is 0. The Hall–Kier alpha value is -0.970. The molecule has 0 unspecified atom stereocenters. The van der Waals surface area contributed by atoms with Crippen LogP contribution in [0.5, 0.6) is 0 Å². The van der Waals surface area contributed by atoms with Gasteiger partial charge >= 0.3 is 0 Å². The minimum absolute atomic E-state index is 0.000000000000000444. The fraction of sp³-hybridized carbons (Fsp3) is 0.375. The van der Waals surface area contributed by atoms with Crippen molar-refractivity contribution in [2.45, 2.75) is 18.7 Å². The summed E-state index contributed by atoms with van der Waals surface area (Å²) in [4.78, 5) is 3.45. The Labute approximate surface area is 76.5 Å². The summed E-state index contributed by atoms with van der Waals surface area (Å²) in [6, 6.07) is 2.30. The van der Waals surface area contributed by atoms with Crippen molar-refractivity contribution in [3.8, 4) is 0 Å². The lowest BCUT2D eigenvalue weighted by atomic mass is 10.4. The van der Waals surface area contributed by atoms with Gasteiger partial charge in [-0.25, -0.2) is 13.4 Å². The Balaban J connectivity index is 3.32. The van der Waals surface area contributed by atoms with Crippen LogP contribution in [0.1, 0.15) is 12.6 Å². The van der Waals surface area contributed by atoms with E-state index in [1.807, 2.05) is 0 Å². The van der Waals surface area contributed by atoms with Crippen LogP contribution in [0.3, 0.4) is 0 Å². The van der Waals surface area contributed by atoms with Crippen molar-refractivity contribution in [2.24, 2.45) is 0 Å². The standard InChI is InChI=1S/C8H10FNO2S/c1-3-13(11,12)7-4-6(2)10-8(9)5-7/h4-5H,3H2,1-2H3. The molecule has 0 aliphatic heterocycles. The Morgan fingerprint density at radius 3 is 2.54 bits per heavy atom. The van der Waals surface area contributed by atoms with Crippen molar-refractivity contribution < 1.29 is 12.8 Å². The van der Waals surface area contributed by atoms with E-state index in [1.165, 1.54) is 13.0 Å². The zero-order valence-electron chi connectivity index (χ0n) is 7.41. The number of nitrogens with zero attached hydrogens (tertiary/aromatic N) is 1. The molecular weight excluding hydrogens is 193 g/mol. The maximum atomic E-state index is 12.7. The molecule has 13 heavy (non-hydrogen) atoms. The molecule has 1 aromatic heterocycles. The van der Waals surface area contributed by atoms with Gasteiger partial charge in [0.2, 0.25) is 5.95 Å². The number of aromatic nitrogens is 1. The summed E-state index contributed by atoms with van der Waals surface area (Å²) in [6.45, 7) is 3.07. The molecule has 0 radical (unpaired) electrons. The average Bonchev–Trinajstić information content (AvgIpc) is 2.02. The van der Waals surface area contributed by atoms with E-state index in [0.717, 1.165) is 6.07 Å². The lowest BCUT2D eigenvalue weighted by molar-refractivity contribution is 0.568. The van der Waals surface area contributed by atoms with Gasteiger partial charge in [0.05, 0.1) is 10.6 Å². The van der Waals surface area contributed by atoms with Gasteiger partial charge in [-0.3, -0.25) is 0 Å². The van der Waals surface area contributed by atoms with Crippen molar-refractivity contribution >= 4 is 9.84 Å². The molecule has 0 bridgehead atoms. The highest BCUT2D eigenvalue weighted by molar-refractivity contribution is 7.91. The highest BCUT2D eigenvalue weighted by Gasteiger charge is 2.13. The Morgan fingerprint density at radius 1 is 1.46 bits per heavy atom. The third-order valence-corrected chi connectivity index (χ3v) is 3.35. The van der Waals surface area contributed by atoms with Gasteiger partial charge < -0.3 is 0 Å². The smallest absolute Gasteiger partial charge is 0.214 e. The topological polar surface area (TPSA) is 47.0 Å². The molecule has 0 atom stereocenters. The van der Waals surface area contributed by atoms with Crippen LogP contribution in [-0.2, 0) is 9.84 Å². The maximum Gasteiger partial charge on any atom is 0.214 e. The number of sulfone groups is 1. The molecule has 5 heteroatoms. The van der Waals surface area contributed by atoms with Gasteiger partial charge in [-0.15, -0.1) is 0 Å². The van der Waals surface area contributed by atoms with Crippen LogP contribution in [0, 0.1) is 12.9 Å². The Morgan fingerprint density at radius 2 is 2.08 bits per heavy atom. The fourth-order valence-corrected chi connectivity index (χ4v) is 1.90. The van der Waals surface area contributed by atoms with Crippen molar-refractivity contribution in [3.63, 3.8) is 0 Å². The molecule has 1 rings (SSSR count). The fourth-order valence-electron chi connectivity index (χ4n) is 0.944. The molecule has 1 heterocycles. The highest BCUT2D eigenvalue weighted by Crippen LogP contribution is 2.12. The van der Waals surface area contributed by atoms with Gasteiger partial charge in [-0.2, -0.15) is 4.39 Å². The molecule has 3 nitrogen and oxygen atoms in total. The second-order valence-electron chi connectivity index (χ2n) is 2.67. The van der Waals surface area contributed by atoms with E-state index in [2.05, 4.69) is 4.98 Å². The van der Waals surface area contributed by atoms with Crippen LogP contribution in [0.25, 0.3) is 0 Å². The van der Waals surface area contributed by atoms with Crippen molar-refractivity contribution in [2.75, 3.05) is 5.75 Å². The van der Waals surface area contributed by atoms with Gasteiger partial charge in [0.15, 0.2) is 9.84 Å². The molecule has 0 aromatic carbocycles. The molecule has 72 valence electrons. The van der Waals surface area contributed by atoms with Crippen LogP contribution < -0.4 is 0 Å². The highest BCUT2D eigenvalue weighted by atomic mass is 32.2. The summed E-state index contributed by atoms with van der Waals surface area (Å²) in [7, 11) is -3.32. The van der Waals surface area contributed by atoms with Crippen LogP contribution in [-0.4, -0.2) is 19.2 Å². The SMILES string of the molecule is CCS(=O)(=O)c1cc(C)nc(F)c1. The first-order valence-corrected chi connectivity index (χ1v) is 5.48. The molecule has 1 aromatic rings. The summed E-state index contributed by atoms with van der Waals surface area (Å²) >= 11 is 0. The number of halogens is 1. The van der Waals surface area contributed by atoms with E-state index in [-0.39, 0.29) is 10.6 Å². The molecule has 0 fully saturated rings.